The molecule has 0 bridgehead atoms. The van der Waals surface area contributed by atoms with Crippen LogP contribution in [0.5, 0.6) is 0 Å². The summed E-state index contributed by atoms with van der Waals surface area (Å²) >= 11 is 11.9. The predicted octanol–water partition coefficient (Wildman–Crippen LogP) is 5.31. The SMILES string of the molecule is CN.Cc1ccc(NCCCCc2ccc(Cl)c(Cl)c2)cc1. The van der Waals surface area contributed by atoms with Crippen molar-refractivity contribution in [3.05, 3.63) is 63.6 Å². The van der Waals surface area contributed by atoms with E-state index in [2.05, 4.69) is 42.2 Å². The van der Waals surface area contributed by atoms with Gasteiger partial charge in [-0.15, -0.1) is 0 Å². The highest BCUT2D eigenvalue weighted by Crippen LogP contribution is 2.23. The molecular formula is C18H24Cl2N2. The average molecular weight is 339 g/mol. The van der Waals surface area contributed by atoms with Crippen LogP contribution in [-0.2, 0) is 6.42 Å². The number of unbranched alkanes of at least 4 members (excludes halogenated alkanes) is 1. The molecule has 0 saturated heterocycles. The summed E-state index contributed by atoms with van der Waals surface area (Å²) in [7, 11) is 1.50. The largest absolute Gasteiger partial charge is 0.385 e. The van der Waals surface area contributed by atoms with Crippen LogP contribution in [-0.4, -0.2) is 13.6 Å². The number of nitrogens with one attached hydrogen (secondary N) is 1. The summed E-state index contributed by atoms with van der Waals surface area (Å²) < 4.78 is 0. The molecule has 0 unspecified atom stereocenters. The van der Waals surface area contributed by atoms with E-state index >= 15 is 0 Å². The third kappa shape index (κ3) is 6.69. The van der Waals surface area contributed by atoms with E-state index < -0.39 is 0 Å². The zero-order valence-electron chi connectivity index (χ0n) is 13.2. The number of anilines is 1. The molecule has 120 valence electrons. The number of rotatable bonds is 6. The molecule has 3 N–H and O–H groups in total. The van der Waals surface area contributed by atoms with Crippen LogP contribution in [0.25, 0.3) is 0 Å². The van der Waals surface area contributed by atoms with Crippen LogP contribution in [0.2, 0.25) is 10.0 Å². The number of hydrogen-bond donors (Lipinski definition) is 2. The Bertz CT molecular complexity index is 554. The highest BCUT2D eigenvalue weighted by molar-refractivity contribution is 6.42. The standard InChI is InChI=1S/C17H19Cl2N.CH5N/c1-13-5-8-15(9-6-13)20-11-3-2-4-14-7-10-16(18)17(19)12-14;1-2/h5-10,12,20H,2-4,11H2,1H3;2H2,1H3. The molecular weight excluding hydrogens is 315 g/mol. The maximum absolute atomic E-state index is 6.00. The van der Waals surface area contributed by atoms with Crippen LogP contribution in [0.3, 0.4) is 0 Å². The molecule has 0 heterocycles. The minimum atomic E-state index is 0.622. The minimum Gasteiger partial charge on any atom is -0.385 e. The van der Waals surface area contributed by atoms with Crippen molar-refractivity contribution in [3.63, 3.8) is 0 Å². The molecule has 0 spiro atoms. The normalized spacial score (nSPS) is 9.86. The van der Waals surface area contributed by atoms with Gasteiger partial charge in [0.05, 0.1) is 10.0 Å². The first-order valence-electron chi connectivity index (χ1n) is 7.47. The second kappa shape index (κ2) is 10.5. The Morgan fingerprint density at radius 2 is 1.59 bits per heavy atom. The average Bonchev–Trinajstić information content (AvgIpc) is 2.54. The molecule has 0 aromatic heterocycles. The van der Waals surface area contributed by atoms with Crippen LogP contribution in [0.1, 0.15) is 24.0 Å². The van der Waals surface area contributed by atoms with E-state index in [4.69, 9.17) is 23.2 Å². The second-order valence-electron chi connectivity index (χ2n) is 5.00. The molecule has 0 atom stereocenters. The second-order valence-corrected chi connectivity index (χ2v) is 5.81. The third-order valence-electron chi connectivity index (χ3n) is 3.26. The van der Waals surface area contributed by atoms with E-state index in [1.807, 2.05) is 18.2 Å². The molecule has 0 saturated carbocycles. The molecule has 2 aromatic rings. The van der Waals surface area contributed by atoms with Crippen molar-refractivity contribution < 1.29 is 0 Å². The number of halogens is 2. The Morgan fingerprint density at radius 1 is 0.909 bits per heavy atom. The first-order chi connectivity index (χ1) is 10.6. The van der Waals surface area contributed by atoms with Gasteiger partial charge in [0.25, 0.3) is 0 Å². The number of nitrogens with two attached hydrogens (primary N) is 1. The van der Waals surface area contributed by atoms with Gasteiger partial charge >= 0.3 is 0 Å². The van der Waals surface area contributed by atoms with Crippen LogP contribution in [0.15, 0.2) is 42.5 Å². The summed E-state index contributed by atoms with van der Waals surface area (Å²) in [4.78, 5) is 0. The van der Waals surface area contributed by atoms with Crippen LogP contribution in [0.4, 0.5) is 5.69 Å². The van der Waals surface area contributed by atoms with E-state index in [9.17, 15) is 0 Å². The maximum atomic E-state index is 6.00. The fourth-order valence-corrected chi connectivity index (χ4v) is 2.37. The molecule has 0 radical (unpaired) electrons. The molecule has 0 aliphatic carbocycles. The zero-order valence-corrected chi connectivity index (χ0v) is 14.7. The van der Waals surface area contributed by atoms with E-state index in [1.165, 1.54) is 23.9 Å². The summed E-state index contributed by atoms with van der Waals surface area (Å²) in [5, 5.41) is 4.69. The molecule has 0 amide bonds. The van der Waals surface area contributed by atoms with E-state index in [0.717, 1.165) is 25.8 Å². The van der Waals surface area contributed by atoms with Gasteiger partial charge in [-0.3, -0.25) is 0 Å². The van der Waals surface area contributed by atoms with Crippen molar-refractivity contribution in [2.24, 2.45) is 5.73 Å². The Kier molecular flexibility index (Phi) is 8.98. The summed E-state index contributed by atoms with van der Waals surface area (Å²) in [6.07, 6.45) is 3.30. The summed E-state index contributed by atoms with van der Waals surface area (Å²) in [6.45, 7) is 3.09. The predicted molar refractivity (Wildman–Crippen MR) is 99.2 cm³/mol. The molecule has 0 aliphatic heterocycles. The molecule has 0 fully saturated rings. The van der Waals surface area contributed by atoms with E-state index in [1.54, 1.807) is 0 Å². The lowest BCUT2D eigenvalue weighted by atomic mass is 10.1. The van der Waals surface area contributed by atoms with E-state index in [-0.39, 0.29) is 0 Å². The van der Waals surface area contributed by atoms with Crippen molar-refractivity contribution >= 4 is 28.9 Å². The third-order valence-corrected chi connectivity index (χ3v) is 4.00. The lowest BCUT2D eigenvalue weighted by molar-refractivity contribution is 0.763. The number of hydrogen-bond acceptors (Lipinski definition) is 2. The summed E-state index contributed by atoms with van der Waals surface area (Å²) in [6, 6.07) is 14.3. The van der Waals surface area contributed by atoms with Gasteiger partial charge in [-0.05, 0) is 63.1 Å². The quantitative estimate of drug-likeness (QED) is 0.700. The first-order valence-corrected chi connectivity index (χ1v) is 8.23. The monoisotopic (exact) mass is 338 g/mol. The molecule has 2 nitrogen and oxygen atoms in total. The lowest BCUT2D eigenvalue weighted by Gasteiger charge is -2.07. The number of aryl methyl sites for hydroxylation is 2. The van der Waals surface area contributed by atoms with Gasteiger partial charge in [0.2, 0.25) is 0 Å². The Morgan fingerprint density at radius 3 is 2.23 bits per heavy atom. The fourth-order valence-electron chi connectivity index (χ4n) is 2.05. The van der Waals surface area contributed by atoms with Crippen molar-refractivity contribution in [1.29, 1.82) is 0 Å². The summed E-state index contributed by atoms with van der Waals surface area (Å²) in [5.41, 5.74) is 8.22. The van der Waals surface area contributed by atoms with Crippen LogP contribution < -0.4 is 11.1 Å². The van der Waals surface area contributed by atoms with Crippen LogP contribution >= 0.6 is 23.2 Å². The minimum absolute atomic E-state index is 0.622. The van der Waals surface area contributed by atoms with Gasteiger partial charge < -0.3 is 11.1 Å². The smallest absolute Gasteiger partial charge is 0.0595 e. The van der Waals surface area contributed by atoms with Crippen LogP contribution in [0, 0.1) is 6.92 Å². The first kappa shape index (κ1) is 18.8. The van der Waals surface area contributed by atoms with Crippen molar-refractivity contribution in [2.75, 3.05) is 18.9 Å². The highest BCUT2D eigenvalue weighted by Gasteiger charge is 1.99. The van der Waals surface area contributed by atoms with Crippen molar-refractivity contribution in [1.82, 2.24) is 0 Å². The fraction of sp³-hybridized carbons (Fsp3) is 0.333. The maximum Gasteiger partial charge on any atom is 0.0595 e. The van der Waals surface area contributed by atoms with Gasteiger partial charge in [0, 0.05) is 12.2 Å². The Hall–Kier alpha value is -1.22. The Labute approximate surface area is 143 Å². The topological polar surface area (TPSA) is 38.0 Å². The zero-order chi connectivity index (χ0) is 16.4. The van der Waals surface area contributed by atoms with Gasteiger partial charge in [-0.1, -0.05) is 47.0 Å². The van der Waals surface area contributed by atoms with Gasteiger partial charge in [0.15, 0.2) is 0 Å². The molecule has 4 heteroatoms. The molecule has 2 rings (SSSR count). The number of benzene rings is 2. The Balaban J connectivity index is 0.00000116. The molecule has 22 heavy (non-hydrogen) atoms. The summed E-state index contributed by atoms with van der Waals surface area (Å²) in [5.74, 6) is 0. The van der Waals surface area contributed by atoms with Crippen molar-refractivity contribution in [2.45, 2.75) is 26.2 Å². The molecule has 2 aromatic carbocycles. The highest BCUT2D eigenvalue weighted by atomic mass is 35.5. The van der Waals surface area contributed by atoms with Gasteiger partial charge in [0.1, 0.15) is 0 Å². The van der Waals surface area contributed by atoms with Gasteiger partial charge in [-0.25, -0.2) is 0 Å². The lowest BCUT2D eigenvalue weighted by Crippen LogP contribution is -2.01. The van der Waals surface area contributed by atoms with Crippen molar-refractivity contribution in [3.8, 4) is 0 Å². The van der Waals surface area contributed by atoms with E-state index in [0.29, 0.717) is 10.0 Å². The molecule has 0 aliphatic rings. The van der Waals surface area contributed by atoms with Gasteiger partial charge in [-0.2, -0.15) is 0 Å².